The van der Waals surface area contributed by atoms with Crippen LogP contribution >= 0.6 is 0 Å². The van der Waals surface area contributed by atoms with E-state index in [-0.39, 0.29) is 30.3 Å². The zero-order valence-electron chi connectivity index (χ0n) is 18.2. The average Bonchev–Trinajstić information content (AvgIpc) is 2.81. The maximum atomic E-state index is 12.6. The highest BCUT2D eigenvalue weighted by Gasteiger charge is 2.37. The van der Waals surface area contributed by atoms with E-state index in [0.717, 1.165) is 0 Å². The Morgan fingerprint density at radius 3 is 2.33 bits per heavy atom. The molecular weight excluding hydrogens is 394 g/mol. The van der Waals surface area contributed by atoms with Crippen molar-refractivity contribution in [1.82, 2.24) is 16.0 Å². The Balaban J connectivity index is 2.75. The lowest BCUT2D eigenvalue weighted by atomic mass is 9.94. The summed E-state index contributed by atoms with van der Waals surface area (Å²) in [4.78, 5) is 36.0. The molecule has 1 heterocycles. The van der Waals surface area contributed by atoms with Crippen molar-refractivity contribution in [3.8, 4) is 0 Å². The van der Waals surface area contributed by atoms with Crippen LogP contribution in [0, 0.1) is 5.41 Å². The van der Waals surface area contributed by atoms with Crippen molar-refractivity contribution in [2.24, 2.45) is 5.41 Å². The van der Waals surface area contributed by atoms with Gasteiger partial charge < -0.3 is 36.0 Å². The van der Waals surface area contributed by atoms with Crippen LogP contribution in [-0.2, 0) is 19.1 Å². The molecule has 1 fully saturated rings. The van der Waals surface area contributed by atoms with Crippen LogP contribution in [0.15, 0.2) is 12.2 Å². The zero-order valence-corrected chi connectivity index (χ0v) is 18.2. The minimum atomic E-state index is -1.73. The molecule has 0 unspecified atom stereocenters. The number of aliphatic hydroxyl groups excluding tert-OH is 3. The molecule has 10 nitrogen and oxygen atoms in total. The first kappa shape index (κ1) is 26.0. The molecule has 0 aromatic heterocycles. The molecule has 0 aromatic carbocycles. The third-order valence-corrected chi connectivity index (χ3v) is 4.68. The minimum Gasteiger partial charge on any atom is -0.387 e. The lowest BCUT2D eigenvalue weighted by Crippen LogP contribution is -2.55. The quantitative estimate of drug-likeness (QED) is 0.259. The third kappa shape index (κ3) is 8.39. The number of hydrogen-bond donors (Lipinski definition) is 6. The van der Waals surface area contributed by atoms with Gasteiger partial charge in [0.1, 0.15) is 24.4 Å². The highest BCUT2D eigenvalue weighted by Crippen LogP contribution is 2.17. The first-order valence-electron chi connectivity index (χ1n) is 9.97. The second-order valence-corrected chi connectivity index (χ2v) is 8.63. The first-order chi connectivity index (χ1) is 13.9. The average molecular weight is 430 g/mol. The molecule has 6 N–H and O–H groups in total. The van der Waals surface area contributed by atoms with E-state index in [9.17, 15) is 29.7 Å². The van der Waals surface area contributed by atoms with E-state index in [4.69, 9.17) is 4.74 Å². The van der Waals surface area contributed by atoms with Crippen LogP contribution in [0.1, 0.15) is 40.5 Å². The molecule has 3 amide bonds. The summed E-state index contributed by atoms with van der Waals surface area (Å²) in [5.74, 6) is -1.43. The van der Waals surface area contributed by atoms with Gasteiger partial charge in [-0.3, -0.25) is 14.4 Å². The van der Waals surface area contributed by atoms with Gasteiger partial charge in [-0.1, -0.05) is 32.9 Å². The number of allylic oxidation sites excluding steroid dienone is 1. The molecule has 1 aliphatic rings. The fraction of sp³-hybridized carbons (Fsp3) is 0.750. The highest BCUT2D eigenvalue weighted by molar-refractivity contribution is 5.90. The maximum Gasteiger partial charge on any atom is 0.252 e. The molecular formula is C20H35N3O7. The number of hydrogen-bond acceptors (Lipinski definition) is 7. The molecule has 0 saturated carbocycles. The van der Waals surface area contributed by atoms with Gasteiger partial charge in [0.15, 0.2) is 6.10 Å². The number of amides is 3. The summed E-state index contributed by atoms with van der Waals surface area (Å²) in [5, 5.41) is 38.6. The Kier molecular flexibility index (Phi) is 9.89. The molecule has 0 radical (unpaired) electrons. The Hall–Kier alpha value is -2.01. The van der Waals surface area contributed by atoms with Gasteiger partial charge in [0.25, 0.3) is 5.91 Å². The number of carbonyl (C=O) groups is 3. The monoisotopic (exact) mass is 429 g/mol. The first-order valence-corrected chi connectivity index (χ1v) is 9.97. The standard InChI is InChI=1S/C20H35N3O7/c1-11(24)22-12-6-7-13(18(28)21-10-12)23-19(29)17(30-5)16(27)15(26)14(25)8-9-20(2,3)4/h8-9,12-17,25-27H,6-7,10H2,1-5H3,(H,21,28)(H,22,24)(H,23,29)/b9-8+/t12-,13-,14+,15-,16+,17+/m0/s1. The normalized spacial score (nSPS) is 24.3. The van der Waals surface area contributed by atoms with Crippen molar-refractivity contribution in [2.45, 2.75) is 77.0 Å². The Labute approximate surface area is 177 Å². The lowest BCUT2D eigenvalue weighted by molar-refractivity contribution is -0.150. The molecule has 0 spiro atoms. The van der Waals surface area contributed by atoms with Gasteiger partial charge in [-0.2, -0.15) is 0 Å². The lowest BCUT2D eigenvalue weighted by Gasteiger charge is -2.28. The predicted octanol–water partition coefficient (Wildman–Crippen LogP) is -1.41. The molecule has 1 saturated heterocycles. The van der Waals surface area contributed by atoms with Crippen molar-refractivity contribution >= 4 is 17.7 Å². The van der Waals surface area contributed by atoms with Gasteiger partial charge in [-0.15, -0.1) is 0 Å². The van der Waals surface area contributed by atoms with E-state index in [0.29, 0.717) is 6.42 Å². The van der Waals surface area contributed by atoms with E-state index in [1.54, 1.807) is 6.08 Å². The van der Waals surface area contributed by atoms with Gasteiger partial charge >= 0.3 is 0 Å². The van der Waals surface area contributed by atoms with Crippen LogP contribution in [0.25, 0.3) is 0 Å². The van der Waals surface area contributed by atoms with Crippen molar-refractivity contribution in [3.63, 3.8) is 0 Å². The summed E-state index contributed by atoms with van der Waals surface area (Å²) in [6.45, 7) is 7.33. The second kappa shape index (κ2) is 11.4. The molecule has 0 bridgehead atoms. The fourth-order valence-corrected chi connectivity index (χ4v) is 3.03. The summed E-state index contributed by atoms with van der Waals surface area (Å²) < 4.78 is 5.03. The van der Waals surface area contributed by atoms with Crippen molar-refractivity contribution < 1.29 is 34.4 Å². The van der Waals surface area contributed by atoms with E-state index in [2.05, 4.69) is 16.0 Å². The molecule has 10 heteroatoms. The molecule has 0 aliphatic carbocycles. The fourth-order valence-electron chi connectivity index (χ4n) is 3.03. The van der Waals surface area contributed by atoms with Crippen LogP contribution in [0.4, 0.5) is 0 Å². The van der Waals surface area contributed by atoms with E-state index < -0.39 is 42.3 Å². The van der Waals surface area contributed by atoms with Gasteiger partial charge in [0.05, 0.1) is 0 Å². The number of methoxy groups -OCH3 is 1. The third-order valence-electron chi connectivity index (χ3n) is 4.68. The molecule has 1 rings (SSSR count). The second-order valence-electron chi connectivity index (χ2n) is 8.63. The van der Waals surface area contributed by atoms with Crippen LogP contribution in [0.2, 0.25) is 0 Å². The Morgan fingerprint density at radius 2 is 1.80 bits per heavy atom. The van der Waals surface area contributed by atoms with Gasteiger partial charge in [-0.25, -0.2) is 0 Å². The summed E-state index contributed by atoms with van der Waals surface area (Å²) in [6.07, 6.45) is -2.56. The highest BCUT2D eigenvalue weighted by atomic mass is 16.5. The van der Waals surface area contributed by atoms with E-state index >= 15 is 0 Å². The maximum absolute atomic E-state index is 12.6. The van der Waals surface area contributed by atoms with Gasteiger partial charge in [0, 0.05) is 26.6 Å². The minimum absolute atomic E-state index is 0.215. The SMILES string of the molecule is CO[C@@H](C(=O)N[C@H]1CC[C@H](NC(C)=O)CNC1=O)[C@H](O)[C@@H](O)[C@H](O)/C=C/C(C)(C)C. The van der Waals surface area contributed by atoms with Gasteiger partial charge in [0.2, 0.25) is 11.8 Å². The molecule has 172 valence electrons. The number of ether oxygens (including phenoxy) is 1. The number of rotatable bonds is 8. The zero-order chi connectivity index (χ0) is 23.1. The molecule has 6 atom stereocenters. The molecule has 0 aromatic rings. The van der Waals surface area contributed by atoms with E-state index in [1.807, 2.05) is 20.8 Å². The van der Waals surface area contributed by atoms with Crippen LogP contribution in [-0.4, -0.2) is 83.2 Å². The number of carbonyl (C=O) groups excluding carboxylic acids is 3. The van der Waals surface area contributed by atoms with Crippen LogP contribution in [0.5, 0.6) is 0 Å². The summed E-state index contributed by atoms with van der Waals surface area (Å²) in [5.41, 5.74) is -0.244. The van der Waals surface area contributed by atoms with Crippen LogP contribution in [0.3, 0.4) is 0 Å². The molecule has 1 aliphatic heterocycles. The predicted molar refractivity (Wildman–Crippen MR) is 109 cm³/mol. The largest absolute Gasteiger partial charge is 0.387 e. The Morgan fingerprint density at radius 1 is 1.17 bits per heavy atom. The van der Waals surface area contributed by atoms with Crippen molar-refractivity contribution in [3.05, 3.63) is 12.2 Å². The smallest absolute Gasteiger partial charge is 0.252 e. The number of aliphatic hydroxyl groups is 3. The topological polar surface area (TPSA) is 157 Å². The van der Waals surface area contributed by atoms with Crippen molar-refractivity contribution in [2.75, 3.05) is 13.7 Å². The summed E-state index contributed by atoms with van der Waals surface area (Å²) in [6, 6.07) is -1.13. The van der Waals surface area contributed by atoms with E-state index in [1.165, 1.54) is 20.1 Å². The van der Waals surface area contributed by atoms with Gasteiger partial charge in [-0.05, 0) is 18.3 Å². The molecule has 30 heavy (non-hydrogen) atoms. The summed E-state index contributed by atoms with van der Waals surface area (Å²) >= 11 is 0. The Bertz CT molecular complexity index is 632. The summed E-state index contributed by atoms with van der Waals surface area (Å²) in [7, 11) is 1.18. The van der Waals surface area contributed by atoms with Crippen molar-refractivity contribution in [1.29, 1.82) is 0 Å². The number of nitrogens with one attached hydrogen (secondary N) is 3. The van der Waals surface area contributed by atoms with Crippen LogP contribution < -0.4 is 16.0 Å².